The van der Waals surface area contributed by atoms with Crippen molar-refractivity contribution in [3.05, 3.63) is 29.6 Å². The van der Waals surface area contributed by atoms with Crippen LogP contribution in [-0.2, 0) is 14.9 Å². The second kappa shape index (κ2) is 9.39. The van der Waals surface area contributed by atoms with Gasteiger partial charge in [-0.05, 0) is 44.4 Å². The Labute approximate surface area is 165 Å². The highest BCUT2D eigenvalue weighted by atomic mass is 32.2. The van der Waals surface area contributed by atoms with Crippen LogP contribution in [0.4, 0.5) is 4.39 Å². The zero-order valence-corrected chi connectivity index (χ0v) is 16.8. The second-order valence-corrected chi connectivity index (χ2v) is 8.50. The zero-order valence-electron chi connectivity index (χ0n) is 16.0. The van der Waals surface area contributed by atoms with Gasteiger partial charge in [0.1, 0.15) is 6.61 Å². The molecule has 1 saturated carbocycles. The Bertz CT molecular complexity index is 864. The van der Waals surface area contributed by atoms with Gasteiger partial charge in [0, 0.05) is 5.92 Å². The summed E-state index contributed by atoms with van der Waals surface area (Å²) >= 11 is 0. The Hall–Kier alpha value is -2.11. The standard InChI is InChI=1S/C20H25FO6S/c1-3-20(2,11-10-15-6-4-5-7-15)27-18-14-16(8-9-17(18)21)19(22)26-12-13-28(23,24)25/h8-9,14-15H,3-7,12-13H2,1-2H3,(H,23,24,25)/p-1. The van der Waals surface area contributed by atoms with Crippen LogP contribution < -0.4 is 4.74 Å². The van der Waals surface area contributed by atoms with E-state index in [4.69, 9.17) is 9.47 Å². The smallest absolute Gasteiger partial charge is 0.338 e. The Morgan fingerprint density at radius 1 is 1.36 bits per heavy atom. The minimum Gasteiger partial charge on any atom is -0.748 e. The first kappa shape index (κ1) is 22.2. The first-order valence-corrected chi connectivity index (χ1v) is 10.8. The number of hydrogen-bond donors (Lipinski definition) is 0. The molecule has 0 aromatic heterocycles. The van der Waals surface area contributed by atoms with E-state index in [1.807, 2.05) is 6.92 Å². The fourth-order valence-electron chi connectivity index (χ4n) is 2.78. The predicted octanol–water partition coefficient (Wildman–Crippen LogP) is 3.27. The number of ether oxygens (including phenoxy) is 2. The van der Waals surface area contributed by atoms with Crippen molar-refractivity contribution in [3.8, 4) is 17.6 Å². The van der Waals surface area contributed by atoms with E-state index in [0.717, 1.165) is 31.7 Å². The number of hydrogen-bond acceptors (Lipinski definition) is 6. The molecule has 0 amide bonds. The maximum atomic E-state index is 14.2. The highest BCUT2D eigenvalue weighted by Crippen LogP contribution is 2.27. The molecule has 0 N–H and O–H groups in total. The molecule has 154 valence electrons. The molecule has 28 heavy (non-hydrogen) atoms. The van der Waals surface area contributed by atoms with E-state index in [-0.39, 0.29) is 11.3 Å². The topological polar surface area (TPSA) is 92.7 Å². The monoisotopic (exact) mass is 411 g/mol. The van der Waals surface area contributed by atoms with Gasteiger partial charge in [0.05, 0.1) is 21.4 Å². The lowest BCUT2D eigenvalue weighted by Crippen LogP contribution is -2.30. The van der Waals surface area contributed by atoms with Crippen molar-refractivity contribution >= 4 is 16.1 Å². The highest BCUT2D eigenvalue weighted by Gasteiger charge is 2.25. The maximum absolute atomic E-state index is 14.2. The van der Waals surface area contributed by atoms with Crippen LogP contribution in [0.25, 0.3) is 0 Å². The molecule has 0 spiro atoms. The molecule has 6 nitrogen and oxygen atoms in total. The number of carbonyl (C=O) groups excluding carboxylic acids is 1. The van der Waals surface area contributed by atoms with Crippen molar-refractivity contribution in [1.82, 2.24) is 0 Å². The molecule has 0 aliphatic heterocycles. The molecule has 2 rings (SSSR count). The molecule has 0 saturated heterocycles. The highest BCUT2D eigenvalue weighted by molar-refractivity contribution is 7.85. The summed E-state index contributed by atoms with van der Waals surface area (Å²) in [6.07, 6.45) is 4.95. The second-order valence-electron chi connectivity index (χ2n) is 6.98. The van der Waals surface area contributed by atoms with Crippen molar-refractivity contribution < 1.29 is 31.6 Å². The lowest BCUT2D eigenvalue weighted by Gasteiger charge is -2.24. The zero-order chi connectivity index (χ0) is 20.8. The number of rotatable bonds is 7. The number of benzene rings is 1. The minimum atomic E-state index is -4.48. The van der Waals surface area contributed by atoms with E-state index in [2.05, 4.69) is 11.8 Å². The van der Waals surface area contributed by atoms with E-state index < -0.39 is 39.9 Å². The molecule has 1 atom stereocenters. The SMILES string of the molecule is CCC(C)(C#CC1CCCC1)Oc1cc(C(=O)OCCS(=O)(=O)[O-])ccc1F. The summed E-state index contributed by atoms with van der Waals surface area (Å²) in [5, 5.41) is 0. The minimum absolute atomic E-state index is 0.0121. The summed E-state index contributed by atoms with van der Waals surface area (Å²) in [6.45, 7) is 3.07. The lowest BCUT2D eigenvalue weighted by molar-refractivity contribution is 0.0526. The van der Waals surface area contributed by atoms with Gasteiger partial charge in [-0.3, -0.25) is 0 Å². The van der Waals surface area contributed by atoms with Gasteiger partial charge in [0.15, 0.2) is 17.2 Å². The number of halogens is 1. The molecule has 1 fully saturated rings. The third kappa shape index (κ3) is 6.80. The average Bonchev–Trinajstić information content (AvgIpc) is 3.14. The van der Waals surface area contributed by atoms with E-state index in [1.165, 1.54) is 12.1 Å². The van der Waals surface area contributed by atoms with Crippen LogP contribution in [0.5, 0.6) is 5.75 Å². The number of carbonyl (C=O) groups is 1. The van der Waals surface area contributed by atoms with Gasteiger partial charge in [-0.15, -0.1) is 0 Å². The van der Waals surface area contributed by atoms with Crippen LogP contribution in [-0.4, -0.2) is 36.9 Å². The van der Waals surface area contributed by atoms with Crippen LogP contribution in [0, 0.1) is 23.6 Å². The van der Waals surface area contributed by atoms with Crippen LogP contribution in [0.2, 0.25) is 0 Å². The molecule has 0 bridgehead atoms. The predicted molar refractivity (Wildman–Crippen MR) is 100 cm³/mol. The Balaban J connectivity index is 2.11. The fourth-order valence-corrected chi connectivity index (χ4v) is 3.07. The Morgan fingerprint density at radius 2 is 2.04 bits per heavy atom. The summed E-state index contributed by atoms with van der Waals surface area (Å²) in [5.74, 6) is 4.16. The van der Waals surface area contributed by atoms with E-state index in [0.29, 0.717) is 12.3 Å². The van der Waals surface area contributed by atoms with Gasteiger partial charge in [-0.25, -0.2) is 17.6 Å². The molecule has 0 radical (unpaired) electrons. The van der Waals surface area contributed by atoms with E-state index in [9.17, 15) is 22.2 Å². The maximum Gasteiger partial charge on any atom is 0.338 e. The summed E-state index contributed by atoms with van der Waals surface area (Å²) < 4.78 is 56.4. The molecular weight excluding hydrogens is 387 g/mol. The molecule has 1 aliphatic rings. The third-order valence-corrected chi connectivity index (χ3v) is 5.31. The Morgan fingerprint density at radius 3 is 2.64 bits per heavy atom. The third-order valence-electron chi connectivity index (χ3n) is 4.64. The summed E-state index contributed by atoms with van der Waals surface area (Å²) in [4.78, 5) is 12.0. The van der Waals surface area contributed by atoms with Crippen LogP contribution in [0.15, 0.2) is 18.2 Å². The Kier molecular flexibility index (Phi) is 7.44. The van der Waals surface area contributed by atoms with Crippen molar-refractivity contribution in [2.45, 2.75) is 51.6 Å². The molecule has 1 aromatic carbocycles. The first-order chi connectivity index (χ1) is 13.1. The van der Waals surface area contributed by atoms with Gasteiger partial charge in [-0.2, -0.15) is 0 Å². The molecule has 0 heterocycles. The van der Waals surface area contributed by atoms with E-state index in [1.54, 1.807) is 6.92 Å². The molecule has 1 unspecified atom stereocenters. The summed E-state index contributed by atoms with van der Waals surface area (Å²) in [5.41, 5.74) is -0.926. The normalized spacial score (nSPS) is 16.7. The van der Waals surface area contributed by atoms with Crippen molar-refractivity contribution in [2.75, 3.05) is 12.4 Å². The van der Waals surface area contributed by atoms with Gasteiger partial charge in [-0.1, -0.05) is 31.6 Å². The molecule has 1 aliphatic carbocycles. The van der Waals surface area contributed by atoms with Gasteiger partial charge in [0.25, 0.3) is 0 Å². The molecular formula is C20H24FO6S-. The van der Waals surface area contributed by atoms with Crippen LogP contribution in [0.1, 0.15) is 56.3 Å². The largest absolute Gasteiger partial charge is 0.748 e. The first-order valence-electron chi connectivity index (χ1n) is 9.24. The lowest BCUT2D eigenvalue weighted by atomic mass is 10.0. The van der Waals surface area contributed by atoms with Crippen molar-refractivity contribution in [1.29, 1.82) is 0 Å². The van der Waals surface area contributed by atoms with Crippen molar-refractivity contribution in [2.24, 2.45) is 5.92 Å². The van der Waals surface area contributed by atoms with Gasteiger partial charge < -0.3 is 14.0 Å². The van der Waals surface area contributed by atoms with Crippen LogP contribution >= 0.6 is 0 Å². The van der Waals surface area contributed by atoms with E-state index >= 15 is 0 Å². The summed E-state index contributed by atoms with van der Waals surface area (Å²) in [6, 6.07) is 3.45. The molecule has 8 heteroatoms. The summed E-state index contributed by atoms with van der Waals surface area (Å²) in [7, 11) is -4.48. The fraction of sp³-hybridized carbons (Fsp3) is 0.550. The van der Waals surface area contributed by atoms with Gasteiger partial charge >= 0.3 is 5.97 Å². The number of esters is 1. The average molecular weight is 411 g/mol. The van der Waals surface area contributed by atoms with Crippen molar-refractivity contribution in [3.63, 3.8) is 0 Å². The van der Waals surface area contributed by atoms with Crippen LogP contribution in [0.3, 0.4) is 0 Å². The van der Waals surface area contributed by atoms with Gasteiger partial charge in [0.2, 0.25) is 0 Å². The molecule has 1 aromatic rings. The quantitative estimate of drug-likeness (QED) is 0.388.